The minimum Gasteiger partial charge on any atom is -0.353 e. The molecule has 1 fully saturated rings. The number of benzene rings is 1. The molecule has 2 atom stereocenters. The Labute approximate surface area is 138 Å². The molecule has 1 aromatic rings. The Kier molecular flexibility index (Phi) is 6.73. The highest BCUT2D eigenvalue weighted by atomic mass is 32.2. The van der Waals surface area contributed by atoms with Crippen LogP contribution >= 0.6 is 11.8 Å². The highest BCUT2D eigenvalue weighted by Gasteiger charge is 2.20. The monoisotopic (exact) mass is 321 g/mol. The number of likely N-dealkylation sites (N-methyl/N-ethyl adjacent to an activating group) is 1. The standard InChI is InChI=1S/C17H27N3OS/c1-14-12-20(9-10-22-14)13-17(21)18-11-16(19(2)3)15-7-5-4-6-8-15/h4-8,14,16H,9-13H2,1-3H3,(H,18,21)/t14-,16+/m0/s1. The van der Waals surface area contributed by atoms with E-state index in [0.717, 1.165) is 18.8 Å². The molecule has 1 N–H and O–H groups in total. The third-order valence-corrected chi connectivity index (χ3v) is 5.13. The fourth-order valence-corrected chi connectivity index (χ4v) is 3.86. The van der Waals surface area contributed by atoms with E-state index in [1.807, 2.05) is 44.1 Å². The summed E-state index contributed by atoms with van der Waals surface area (Å²) in [6.45, 7) is 5.41. The quantitative estimate of drug-likeness (QED) is 0.867. The summed E-state index contributed by atoms with van der Waals surface area (Å²) in [5, 5.41) is 3.72. The summed E-state index contributed by atoms with van der Waals surface area (Å²) >= 11 is 1.99. The maximum atomic E-state index is 12.2. The fourth-order valence-electron chi connectivity index (χ4n) is 2.78. The largest absolute Gasteiger partial charge is 0.353 e. The Balaban J connectivity index is 1.83. The molecule has 0 radical (unpaired) electrons. The lowest BCUT2D eigenvalue weighted by Crippen LogP contribution is -2.44. The van der Waals surface area contributed by atoms with Crippen molar-refractivity contribution in [3.8, 4) is 0 Å². The first kappa shape index (κ1) is 17.3. The van der Waals surface area contributed by atoms with Crippen molar-refractivity contribution < 1.29 is 4.79 Å². The molecule has 0 aliphatic carbocycles. The molecule has 5 heteroatoms. The first-order chi connectivity index (χ1) is 10.6. The zero-order chi connectivity index (χ0) is 15.9. The minimum absolute atomic E-state index is 0.127. The molecule has 2 rings (SSSR count). The molecule has 1 saturated heterocycles. The Bertz CT molecular complexity index is 466. The van der Waals surface area contributed by atoms with E-state index < -0.39 is 0 Å². The zero-order valence-electron chi connectivity index (χ0n) is 13.8. The van der Waals surface area contributed by atoms with Gasteiger partial charge < -0.3 is 10.2 Å². The van der Waals surface area contributed by atoms with Crippen LogP contribution in [0.2, 0.25) is 0 Å². The van der Waals surface area contributed by atoms with E-state index in [1.165, 1.54) is 5.56 Å². The normalized spacial score (nSPS) is 20.8. The summed E-state index contributed by atoms with van der Waals surface area (Å²) in [4.78, 5) is 16.6. The Hall–Kier alpha value is -1.04. The Morgan fingerprint density at radius 1 is 1.41 bits per heavy atom. The summed E-state index contributed by atoms with van der Waals surface area (Å²) < 4.78 is 0. The average molecular weight is 321 g/mol. The molecule has 4 nitrogen and oxygen atoms in total. The van der Waals surface area contributed by atoms with Crippen LogP contribution in [0, 0.1) is 0 Å². The molecule has 122 valence electrons. The van der Waals surface area contributed by atoms with E-state index >= 15 is 0 Å². The first-order valence-electron chi connectivity index (χ1n) is 7.88. The Morgan fingerprint density at radius 3 is 2.77 bits per heavy atom. The molecule has 1 aliphatic rings. The van der Waals surface area contributed by atoms with E-state index in [9.17, 15) is 4.79 Å². The lowest BCUT2D eigenvalue weighted by molar-refractivity contribution is -0.122. The molecular weight excluding hydrogens is 294 g/mol. The van der Waals surface area contributed by atoms with E-state index in [0.29, 0.717) is 18.3 Å². The maximum absolute atomic E-state index is 12.2. The van der Waals surface area contributed by atoms with Gasteiger partial charge in [-0.15, -0.1) is 0 Å². The molecular formula is C17H27N3OS. The second kappa shape index (κ2) is 8.56. The van der Waals surface area contributed by atoms with Crippen LogP contribution in [0.4, 0.5) is 0 Å². The molecule has 0 saturated carbocycles. The maximum Gasteiger partial charge on any atom is 0.234 e. The molecule has 1 amide bonds. The number of carbonyl (C=O) groups excluding carboxylic acids is 1. The minimum atomic E-state index is 0.127. The number of hydrogen-bond donors (Lipinski definition) is 1. The van der Waals surface area contributed by atoms with Crippen molar-refractivity contribution in [1.82, 2.24) is 15.1 Å². The van der Waals surface area contributed by atoms with Crippen LogP contribution in [0.25, 0.3) is 0 Å². The molecule has 22 heavy (non-hydrogen) atoms. The summed E-state index contributed by atoms with van der Waals surface area (Å²) in [6.07, 6.45) is 0. The number of nitrogens with zero attached hydrogens (tertiary/aromatic N) is 2. The summed E-state index contributed by atoms with van der Waals surface area (Å²) in [5.74, 6) is 1.25. The number of carbonyl (C=O) groups is 1. The molecule has 0 aromatic heterocycles. The van der Waals surface area contributed by atoms with Gasteiger partial charge in [-0.3, -0.25) is 9.69 Å². The third kappa shape index (κ3) is 5.30. The van der Waals surface area contributed by atoms with Gasteiger partial charge in [0.05, 0.1) is 12.6 Å². The molecule has 0 spiro atoms. The SMILES string of the molecule is C[C@H]1CN(CC(=O)NC[C@H](c2ccccc2)N(C)C)CCS1. The average Bonchev–Trinajstić information content (AvgIpc) is 2.48. The summed E-state index contributed by atoms with van der Waals surface area (Å²) in [7, 11) is 4.10. The van der Waals surface area contributed by atoms with Crippen molar-refractivity contribution in [2.75, 3.05) is 46.0 Å². The van der Waals surface area contributed by atoms with Gasteiger partial charge in [-0.2, -0.15) is 11.8 Å². The first-order valence-corrected chi connectivity index (χ1v) is 8.93. The van der Waals surface area contributed by atoms with Gasteiger partial charge >= 0.3 is 0 Å². The van der Waals surface area contributed by atoms with E-state index in [1.54, 1.807) is 0 Å². The zero-order valence-corrected chi connectivity index (χ0v) is 14.6. The van der Waals surface area contributed by atoms with Crippen molar-refractivity contribution in [2.45, 2.75) is 18.2 Å². The van der Waals surface area contributed by atoms with Crippen LogP contribution in [-0.2, 0) is 4.79 Å². The van der Waals surface area contributed by atoms with Gasteiger partial charge in [0, 0.05) is 30.6 Å². The van der Waals surface area contributed by atoms with Crippen molar-refractivity contribution in [3.63, 3.8) is 0 Å². The van der Waals surface area contributed by atoms with Crippen molar-refractivity contribution in [1.29, 1.82) is 0 Å². The fraction of sp³-hybridized carbons (Fsp3) is 0.588. The molecule has 0 unspecified atom stereocenters. The van der Waals surface area contributed by atoms with E-state index in [2.05, 4.69) is 34.2 Å². The van der Waals surface area contributed by atoms with Crippen molar-refractivity contribution >= 4 is 17.7 Å². The third-order valence-electron chi connectivity index (χ3n) is 3.99. The smallest absolute Gasteiger partial charge is 0.234 e. The Morgan fingerprint density at radius 2 is 2.14 bits per heavy atom. The second-order valence-electron chi connectivity index (χ2n) is 6.11. The predicted octanol–water partition coefficient (Wildman–Crippen LogP) is 1.84. The van der Waals surface area contributed by atoms with Gasteiger partial charge in [0.1, 0.15) is 0 Å². The van der Waals surface area contributed by atoms with Crippen LogP contribution < -0.4 is 5.32 Å². The summed E-state index contributed by atoms with van der Waals surface area (Å²) in [6, 6.07) is 10.5. The molecule has 1 aliphatic heterocycles. The second-order valence-corrected chi connectivity index (χ2v) is 7.66. The van der Waals surface area contributed by atoms with Crippen LogP contribution in [0.15, 0.2) is 30.3 Å². The predicted molar refractivity (Wildman–Crippen MR) is 94.2 cm³/mol. The molecule has 0 bridgehead atoms. The number of hydrogen-bond acceptors (Lipinski definition) is 4. The van der Waals surface area contributed by atoms with Gasteiger partial charge in [-0.25, -0.2) is 0 Å². The van der Waals surface area contributed by atoms with E-state index in [4.69, 9.17) is 0 Å². The van der Waals surface area contributed by atoms with Gasteiger partial charge in [0.15, 0.2) is 0 Å². The van der Waals surface area contributed by atoms with Crippen LogP contribution in [0.1, 0.15) is 18.5 Å². The van der Waals surface area contributed by atoms with Crippen molar-refractivity contribution in [2.24, 2.45) is 0 Å². The topological polar surface area (TPSA) is 35.6 Å². The van der Waals surface area contributed by atoms with E-state index in [-0.39, 0.29) is 11.9 Å². The van der Waals surface area contributed by atoms with Crippen molar-refractivity contribution in [3.05, 3.63) is 35.9 Å². The lowest BCUT2D eigenvalue weighted by Gasteiger charge is -2.30. The van der Waals surface area contributed by atoms with Crippen LogP contribution in [0.5, 0.6) is 0 Å². The van der Waals surface area contributed by atoms with Gasteiger partial charge in [0.25, 0.3) is 0 Å². The number of nitrogens with one attached hydrogen (secondary N) is 1. The highest BCUT2D eigenvalue weighted by molar-refractivity contribution is 7.99. The lowest BCUT2D eigenvalue weighted by atomic mass is 10.1. The van der Waals surface area contributed by atoms with Crippen LogP contribution in [0.3, 0.4) is 0 Å². The van der Waals surface area contributed by atoms with Gasteiger partial charge in [0.2, 0.25) is 5.91 Å². The molecule has 1 heterocycles. The van der Waals surface area contributed by atoms with Gasteiger partial charge in [-0.1, -0.05) is 37.3 Å². The summed E-state index contributed by atoms with van der Waals surface area (Å²) in [5.41, 5.74) is 1.23. The van der Waals surface area contributed by atoms with Crippen LogP contribution in [-0.4, -0.2) is 67.0 Å². The number of amides is 1. The number of thioether (sulfide) groups is 1. The van der Waals surface area contributed by atoms with Gasteiger partial charge in [-0.05, 0) is 19.7 Å². The molecule has 1 aromatic carbocycles. The highest BCUT2D eigenvalue weighted by Crippen LogP contribution is 2.18. The number of rotatable bonds is 6.